The van der Waals surface area contributed by atoms with E-state index in [1.165, 1.54) is 0 Å². The summed E-state index contributed by atoms with van der Waals surface area (Å²) in [5.74, 6) is 0.812. The fraction of sp³-hybridized carbons (Fsp3) is 0.333. The van der Waals surface area contributed by atoms with Crippen LogP contribution < -0.4 is 15.8 Å². The molecule has 0 unspecified atom stereocenters. The van der Waals surface area contributed by atoms with Crippen molar-refractivity contribution >= 4 is 11.6 Å². The quantitative estimate of drug-likeness (QED) is 0.704. The van der Waals surface area contributed by atoms with Gasteiger partial charge in [0.05, 0.1) is 24.5 Å². The number of hydrogen-bond acceptors (Lipinski definition) is 5. The highest BCUT2D eigenvalue weighted by Crippen LogP contribution is 2.29. The number of aromatic nitrogens is 2. The van der Waals surface area contributed by atoms with Gasteiger partial charge in [-0.1, -0.05) is 6.07 Å². The van der Waals surface area contributed by atoms with Crippen LogP contribution in [0.2, 0.25) is 0 Å². The van der Waals surface area contributed by atoms with Crippen molar-refractivity contribution in [3.63, 3.8) is 0 Å². The number of ether oxygens (including phenoxy) is 1. The molecular weight excluding hydrogens is 354 g/mol. The van der Waals surface area contributed by atoms with E-state index in [9.17, 15) is 4.79 Å². The van der Waals surface area contributed by atoms with Crippen molar-refractivity contribution in [3.05, 3.63) is 54.4 Å². The van der Waals surface area contributed by atoms with Crippen LogP contribution in [0.25, 0.3) is 16.9 Å². The minimum absolute atomic E-state index is 0.00719. The van der Waals surface area contributed by atoms with E-state index >= 15 is 0 Å². The number of pyridine rings is 1. The summed E-state index contributed by atoms with van der Waals surface area (Å²) >= 11 is 0. The zero-order chi connectivity index (χ0) is 19.7. The van der Waals surface area contributed by atoms with Gasteiger partial charge >= 0.3 is 0 Å². The van der Waals surface area contributed by atoms with Gasteiger partial charge in [0.1, 0.15) is 11.4 Å². The summed E-state index contributed by atoms with van der Waals surface area (Å²) < 4.78 is 7.36. The van der Waals surface area contributed by atoms with E-state index in [1.807, 2.05) is 48.7 Å². The zero-order valence-electron chi connectivity index (χ0n) is 16.1. The van der Waals surface area contributed by atoms with Crippen LogP contribution in [-0.2, 0) is 11.3 Å². The minimum atomic E-state index is -0.224. The van der Waals surface area contributed by atoms with Gasteiger partial charge in [-0.3, -0.25) is 9.69 Å². The number of carbonyl (C=O) groups excluding carboxylic acids is 1. The summed E-state index contributed by atoms with van der Waals surface area (Å²) in [6.07, 6.45) is 2.67. The summed E-state index contributed by atoms with van der Waals surface area (Å²) in [5.41, 5.74) is 10.0. The van der Waals surface area contributed by atoms with Crippen LogP contribution in [0.15, 0.2) is 48.7 Å². The number of imidazole rings is 1. The van der Waals surface area contributed by atoms with Gasteiger partial charge in [-0.25, -0.2) is 4.98 Å². The Hall–Kier alpha value is -2.90. The molecule has 0 spiro atoms. The Labute approximate surface area is 164 Å². The van der Waals surface area contributed by atoms with Crippen LogP contribution in [0, 0.1) is 0 Å². The van der Waals surface area contributed by atoms with E-state index in [-0.39, 0.29) is 18.0 Å². The molecule has 3 N–H and O–H groups in total. The molecule has 1 aliphatic rings. The summed E-state index contributed by atoms with van der Waals surface area (Å²) in [7, 11) is 3.32. The van der Waals surface area contributed by atoms with Crippen LogP contribution in [0.3, 0.4) is 0 Å². The standard InChI is InChI=1S/C21H25N5O2/c1-23-21(27)17-11-15(22)12-25(17)13-18-20(14-6-8-16(28-2)9-7-14)24-19-5-3-4-10-26(18)19/h3-10,15,17H,11-13,22H2,1-2H3,(H,23,27)/t15-,17-/m0/s1. The molecule has 2 aromatic heterocycles. The van der Waals surface area contributed by atoms with Crippen LogP contribution in [0.1, 0.15) is 12.1 Å². The molecule has 146 valence electrons. The van der Waals surface area contributed by atoms with Gasteiger partial charge < -0.3 is 20.2 Å². The van der Waals surface area contributed by atoms with E-state index < -0.39 is 0 Å². The number of methoxy groups -OCH3 is 1. The number of fused-ring (bicyclic) bond motifs is 1. The second-order valence-corrected chi connectivity index (χ2v) is 7.12. The lowest BCUT2D eigenvalue weighted by atomic mass is 10.1. The molecule has 7 heteroatoms. The first kappa shape index (κ1) is 18.5. The molecule has 1 amide bonds. The van der Waals surface area contributed by atoms with Crippen LogP contribution >= 0.6 is 0 Å². The van der Waals surface area contributed by atoms with Gasteiger partial charge in [-0.15, -0.1) is 0 Å². The number of hydrogen-bond donors (Lipinski definition) is 2. The van der Waals surface area contributed by atoms with Gasteiger partial charge in [0.15, 0.2) is 0 Å². The molecule has 1 aromatic carbocycles. The first-order valence-corrected chi connectivity index (χ1v) is 9.42. The van der Waals surface area contributed by atoms with Crippen LogP contribution in [0.5, 0.6) is 5.75 Å². The summed E-state index contributed by atoms with van der Waals surface area (Å²) in [6.45, 7) is 1.28. The Balaban J connectivity index is 1.75. The number of benzene rings is 1. The van der Waals surface area contributed by atoms with Gasteiger partial charge in [0.25, 0.3) is 0 Å². The number of nitrogens with two attached hydrogens (primary N) is 1. The maximum absolute atomic E-state index is 12.3. The highest BCUT2D eigenvalue weighted by Gasteiger charge is 2.35. The summed E-state index contributed by atoms with van der Waals surface area (Å²) in [4.78, 5) is 19.3. The molecule has 0 bridgehead atoms. The number of carbonyl (C=O) groups is 1. The second-order valence-electron chi connectivity index (χ2n) is 7.12. The Morgan fingerprint density at radius 1 is 1.29 bits per heavy atom. The Bertz CT molecular complexity index is 982. The van der Waals surface area contributed by atoms with Gasteiger partial charge in [-0.2, -0.15) is 0 Å². The Kier molecular flexibility index (Phi) is 5.02. The highest BCUT2D eigenvalue weighted by molar-refractivity contribution is 5.82. The summed E-state index contributed by atoms with van der Waals surface area (Å²) in [5, 5.41) is 2.76. The third-order valence-electron chi connectivity index (χ3n) is 5.33. The molecule has 1 fully saturated rings. The van der Waals surface area contributed by atoms with Gasteiger partial charge in [0, 0.05) is 37.9 Å². The van der Waals surface area contributed by atoms with Crippen LogP contribution in [0.4, 0.5) is 0 Å². The lowest BCUT2D eigenvalue weighted by molar-refractivity contribution is -0.125. The second kappa shape index (κ2) is 7.61. The highest BCUT2D eigenvalue weighted by atomic mass is 16.5. The third-order valence-corrected chi connectivity index (χ3v) is 5.33. The number of nitrogens with zero attached hydrogens (tertiary/aromatic N) is 3. The molecular formula is C21H25N5O2. The molecule has 3 aromatic rings. The molecule has 0 radical (unpaired) electrons. The molecule has 1 aliphatic heterocycles. The van der Waals surface area contributed by atoms with Crippen molar-refractivity contribution in [2.75, 3.05) is 20.7 Å². The van der Waals surface area contributed by atoms with E-state index in [4.69, 9.17) is 15.5 Å². The number of likely N-dealkylation sites (N-methyl/N-ethyl adjacent to an activating group) is 1. The van der Waals surface area contributed by atoms with Crippen molar-refractivity contribution in [1.29, 1.82) is 0 Å². The predicted octanol–water partition coefficient (Wildman–Crippen LogP) is 1.66. The van der Waals surface area contributed by atoms with E-state index in [0.29, 0.717) is 19.5 Å². The molecule has 3 heterocycles. The van der Waals surface area contributed by atoms with E-state index in [1.54, 1.807) is 14.2 Å². The molecule has 28 heavy (non-hydrogen) atoms. The third kappa shape index (κ3) is 3.34. The monoisotopic (exact) mass is 379 g/mol. The molecule has 4 rings (SSSR count). The van der Waals surface area contributed by atoms with Crippen LogP contribution in [-0.4, -0.2) is 53.0 Å². The smallest absolute Gasteiger partial charge is 0.237 e. The van der Waals surface area contributed by atoms with Crippen molar-refractivity contribution in [3.8, 4) is 17.0 Å². The predicted molar refractivity (Wildman–Crippen MR) is 108 cm³/mol. The first-order chi connectivity index (χ1) is 13.6. The fourth-order valence-electron chi connectivity index (χ4n) is 3.92. The average molecular weight is 379 g/mol. The first-order valence-electron chi connectivity index (χ1n) is 9.42. The maximum atomic E-state index is 12.3. The largest absolute Gasteiger partial charge is 0.497 e. The van der Waals surface area contributed by atoms with Crippen molar-refractivity contribution in [1.82, 2.24) is 19.6 Å². The summed E-state index contributed by atoms with van der Waals surface area (Å²) in [6, 6.07) is 13.6. The zero-order valence-corrected chi connectivity index (χ0v) is 16.1. The van der Waals surface area contributed by atoms with Crippen molar-refractivity contribution in [2.45, 2.75) is 25.0 Å². The molecule has 2 atom stereocenters. The lowest BCUT2D eigenvalue weighted by Gasteiger charge is -2.23. The van der Waals surface area contributed by atoms with Crippen molar-refractivity contribution < 1.29 is 9.53 Å². The fourth-order valence-corrected chi connectivity index (χ4v) is 3.92. The maximum Gasteiger partial charge on any atom is 0.237 e. The number of likely N-dealkylation sites (tertiary alicyclic amines) is 1. The SMILES string of the molecule is CNC(=O)[C@@H]1C[C@H](N)CN1Cc1c(-c2ccc(OC)cc2)nc2ccccn12. The number of nitrogens with one attached hydrogen (secondary N) is 1. The topological polar surface area (TPSA) is 84.9 Å². The van der Waals surface area contributed by atoms with Gasteiger partial charge in [0.2, 0.25) is 5.91 Å². The van der Waals surface area contributed by atoms with Crippen molar-refractivity contribution in [2.24, 2.45) is 5.73 Å². The molecule has 0 saturated carbocycles. The average Bonchev–Trinajstić information content (AvgIpc) is 3.28. The molecule has 0 aliphatic carbocycles. The normalized spacial score (nSPS) is 19.8. The Morgan fingerprint density at radius 3 is 2.79 bits per heavy atom. The molecule has 1 saturated heterocycles. The van der Waals surface area contributed by atoms with Gasteiger partial charge in [-0.05, 0) is 42.8 Å². The van der Waals surface area contributed by atoms with E-state index in [2.05, 4.69) is 14.6 Å². The lowest BCUT2D eigenvalue weighted by Crippen LogP contribution is -2.41. The minimum Gasteiger partial charge on any atom is -0.497 e. The Morgan fingerprint density at radius 2 is 2.07 bits per heavy atom. The number of amides is 1. The van der Waals surface area contributed by atoms with E-state index in [0.717, 1.165) is 28.3 Å². The molecule has 7 nitrogen and oxygen atoms in total. The number of rotatable bonds is 5.